The molecule has 0 radical (unpaired) electrons. The number of allylic oxidation sites excluding steroid dienone is 1. The lowest BCUT2D eigenvalue weighted by molar-refractivity contribution is 0.0384. The third kappa shape index (κ3) is 5.91. The van der Waals surface area contributed by atoms with Gasteiger partial charge in [-0.3, -0.25) is 9.80 Å². The second-order valence-electron chi connectivity index (χ2n) is 8.84. The van der Waals surface area contributed by atoms with Crippen LogP contribution in [-0.2, 0) is 17.7 Å². The first kappa shape index (κ1) is 24.3. The van der Waals surface area contributed by atoms with Crippen molar-refractivity contribution in [2.45, 2.75) is 19.4 Å². The van der Waals surface area contributed by atoms with Crippen LogP contribution in [0, 0.1) is 11.8 Å². The monoisotopic (exact) mass is 460 g/mol. The van der Waals surface area contributed by atoms with Crippen molar-refractivity contribution in [2.24, 2.45) is 11.8 Å². The van der Waals surface area contributed by atoms with Crippen molar-refractivity contribution in [1.82, 2.24) is 9.80 Å². The fourth-order valence-electron chi connectivity index (χ4n) is 5.26. The molecule has 168 valence electrons. The van der Waals surface area contributed by atoms with Gasteiger partial charge < -0.3 is 4.74 Å². The maximum atomic E-state index is 5.45. The summed E-state index contributed by atoms with van der Waals surface area (Å²) >= 11 is 0. The first-order valence-corrected chi connectivity index (χ1v) is 11.2. The third-order valence-electron chi connectivity index (χ3n) is 6.91. The Hall–Kier alpha value is -1.36. The summed E-state index contributed by atoms with van der Waals surface area (Å²) in [6, 6.07) is 20.3. The van der Waals surface area contributed by atoms with Gasteiger partial charge in [0.2, 0.25) is 0 Å². The molecular weight excluding hydrogens is 427 g/mol. The van der Waals surface area contributed by atoms with Crippen molar-refractivity contribution in [1.29, 1.82) is 0 Å². The van der Waals surface area contributed by atoms with Gasteiger partial charge in [-0.1, -0.05) is 60.7 Å². The van der Waals surface area contributed by atoms with Gasteiger partial charge in [0.05, 0.1) is 13.2 Å². The molecule has 2 aromatic rings. The largest absolute Gasteiger partial charge is 0.379 e. The highest BCUT2D eigenvalue weighted by Gasteiger charge is 2.38. The van der Waals surface area contributed by atoms with E-state index in [1.165, 1.54) is 36.2 Å². The molecule has 2 atom stereocenters. The van der Waals surface area contributed by atoms with Crippen LogP contribution in [0.1, 0.15) is 23.1 Å². The number of ether oxygens (including phenoxy) is 1. The van der Waals surface area contributed by atoms with Gasteiger partial charge in [0, 0.05) is 45.2 Å². The zero-order chi connectivity index (χ0) is 19.5. The number of hydrogen-bond acceptors (Lipinski definition) is 3. The van der Waals surface area contributed by atoms with Gasteiger partial charge in [0.15, 0.2) is 0 Å². The van der Waals surface area contributed by atoms with Gasteiger partial charge in [-0.05, 0) is 41.0 Å². The Kier molecular flexibility index (Phi) is 9.00. The molecule has 3 aliphatic rings. The van der Waals surface area contributed by atoms with Gasteiger partial charge in [-0.25, -0.2) is 0 Å². The van der Waals surface area contributed by atoms with E-state index in [0.717, 1.165) is 51.7 Å². The van der Waals surface area contributed by atoms with Crippen LogP contribution >= 0.6 is 24.8 Å². The van der Waals surface area contributed by atoms with Crippen molar-refractivity contribution in [2.75, 3.05) is 45.9 Å². The highest BCUT2D eigenvalue weighted by Crippen LogP contribution is 2.43. The van der Waals surface area contributed by atoms with E-state index in [9.17, 15) is 0 Å². The fraction of sp³-hybridized carbons (Fsp3) is 0.462. The number of morpholine rings is 1. The van der Waals surface area contributed by atoms with E-state index < -0.39 is 0 Å². The summed E-state index contributed by atoms with van der Waals surface area (Å²) in [5.41, 5.74) is 5.91. The van der Waals surface area contributed by atoms with Gasteiger partial charge >= 0.3 is 0 Å². The Morgan fingerprint density at radius 2 is 1.55 bits per heavy atom. The number of fused-ring (bicyclic) bond motifs is 1. The maximum absolute atomic E-state index is 5.45. The molecule has 2 aliphatic heterocycles. The van der Waals surface area contributed by atoms with Crippen LogP contribution in [0.2, 0.25) is 0 Å². The van der Waals surface area contributed by atoms with Gasteiger partial charge in [0.25, 0.3) is 0 Å². The number of likely N-dealkylation sites (tertiary alicyclic amines) is 1. The van der Waals surface area contributed by atoms with Crippen LogP contribution in [0.3, 0.4) is 0 Å². The van der Waals surface area contributed by atoms with Crippen molar-refractivity contribution < 1.29 is 4.74 Å². The molecule has 5 rings (SSSR count). The summed E-state index contributed by atoms with van der Waals surface area (Å²) in [4.78, 5) is 5.16. The van der Waals surface area contributed by atoms with Crippen LogP contribution in [-0.4, -0.2) is 55.7 Å². The molecule has 2 unspecified atom stereocenters. The summed E-state index contributed by atoms with van der Waals surface area (Å²) in [5, 5.41) is 0. The molecule has 0 N–H and O–H groups in total. The zero-order valence-corrected chi connectivity index (χ0v) is 19.8. The first-order valence-electron chi connectivity index (χ1n) is 11.2. The van der Waals surface area contributed by atoms with Gasteiger partial charge in [-0.2, -0.15) is 0 Å². The van der Waals surface area contributed by atoms with Crippen molar-refractivity contribution in [3.8, 4) is 0 Å². The molecule has 2 saturated heterocycles. The predicted molar refractivity (Wildman–Crippen MR) is 133 cm³/mol. The molecule has 0 saturated carbocycles. The minimum absolute atomic E-state index is 0. The van der Waals surface area contributed by atoms with Gasteiger partial charge in [0.1, 0.15) is 0 Å². The number of halogens is 2. The Morgan fingerprint density at radius 1 is 0.806 bits per heavy atom. The molecule has 0 bridgehead atoms. The highest BCUT2D eigenvalue weighted by atomic mass is 35.5. The number of hydrogen-bond donors (Lipinski definition) is 0. The fourth-order valence-corrected chi connectivity index (χ4v) is 5.26. The molecule has 1 aliphatic carbocycles. The van der Waals surface area contributed by atoms with Gasteiger partial charge in [-0.15, -0.1) is 24.8 Å². The summed E-state index contributed by atoms with van der Waals surface area (Å²) in [5.74, 6) is 1.51. The van der Waals surface area contributed by atoms with E-state index in [0.29, 0.717) is 5.92 Å². The van der Waals surface area contributed by atoms with Crippen LogP contribution in [0.5, 0.6) is 0 Å². The van der Waals surface area contributed by atoms with Crippen LogP contribution in [0.15, 0.2) is 60.7 Å². The Bertz CT molecular complexity index is 834. The molecule has 0 spiro atoms. The van der Waals surface area contributed by atoms with Crippen molar-refractivity contribution >= 4 is 30.4 Å². The number of rotatable bonds is 6. The van der Waals surface area contributed by atoms with E-state index in [4.69, 9.17) is 4.74 Å². The molecule has 2 fully saturated rings. The molecule has 31 heavy (non-hydrogen) atoms. The average molecular weight is 461 g/mol. The summed E-state index contributed by atoms with van der Waals surface area (Å²) < 4.78 is 5.45. The first-order chi connectivity index (χ1) is 14.3. The minimum atomic E-state index is 0. The van der Waals surface area contributed by atoms with E-state index >= 15 is 0 Å². The smallest absolute Gasteiger partial charge is 0.0594 e. The van der Waals surface area contributed by atoms with Crippen molar-refractivity contribution in [3.63, 3.8) is 0 Å². The lowest BCUT2D eigenvalue weighted by atomic mass is 9.90. The standard InChI is InChI=1S/C26H32N2O.2ClH/c1-2-4-22(5-3-1)18-28-19-24-10-11-25(26(24)20-28)23-8-6-21(7-9-23)12-13-27-14-16-29-17-15-27;;/h1-9,11,24,26H,10,12-20H2;2*1H. The van der Waals surface area contributed by atoms with E-state index in [1.807, 2.05) is 0 Å². The zero-order valence-electron chi connectivity index (χ0n) is 18.1. The SMILES string of the molecule is C1=C(c2ccc(CCN3CCOCC3)cc2)C2CN(Cc3ccccc3)CC2C1.Cl.Cl. The predicted octanol–water partition coefficient (Wildman–Crippen LogP) is 4.94. The number of benzene rings is 2. The van der Waals surface area contributed by atoms with Crippen molar-refractivity contribution in [3.05, 3.63) is 77.4 Å². The quantitative estimate of drug-likeness (QED) is 0.606. The molecule has 3 nitrogen and oxygen atoms in total. The number of nitrogens with zero attached hydrogens (tertiary/aromatic N) is 2. The second kappa shape index (κ2) is 11.5. The highest BCUT2D eigenvalue weighted by molar-refractivity contribution is 5.85. The summed E-state index contributed by atoms with van der Waals surface area (Å²) in [6.07, 6.45) is 4.89. The maximum Gasteiger partial charge on any atom is 0.0594 e. The Labute approximate surface area is 199 Å². The molecule has 5 heteroatoms. The average Bonchev–Trinajstić information content (AvgIpc) is 3.34. The lowest BCUT2D eigenvalue weighted by Gasteiger charge is -2.26. The summed E-state index contributed by atoms with van der Waals surface area (Å²) in [6.45, 7) is 8.59. The van der Waals surface area contributed by atoms with E-state index in [-0.39, 0.29) is 24.8 Å². The second-order valence-corrected chi connectivity index (χ2v) is 8.84. The normalized spacial score (nSPS) is 23.5. The molecule has 2 heterocycles. The van der Waals surface area contributed by atoms with Crippen LogP contribution < -0.4 is 0 Å². The Morgan fingerprint density at radius 3 is 2.29 bits per heavy atom. The molecule has 0 aromatic heterocycles. The molecule has 0 amide bonds. The topological polar surface area (TPSA) is 15.7 Å². The third-order valence-corrected chi connectivity index (χ3v) is 6.91. The molecule has 2 aromatic carbocycles. The van der Waals surface area contributed by atoms with Crippen LogP contribution in [0.25, 0.3) is 5.57 Å². The minimum Gasteiger partial charge on any atom is -0.379 e. The van der Waals surface area contributed by atoms with Crippen LogP contribution in [0.4, 0.5) is 0 Å². The molecular formula is C26H34Cl2N2O. The van der Waals surface area contributed by atoms with E-state index in [2.05, 4.69) is 70.5 Å². The Balaban J connectivity index is 0.00000136. The summed E-state index contributed by atoms with van der Waals surface area (Å²) in [7, 11) is 0. The lowest BCUT2D eigenvalue weighted by Crippen LogP contribution is -2.37. The van der Waals surface area contributed by atoms with E-state index in [1.54, 1.807) is 5.57 Å².